The Morgan fingerprint density at radius 3 is 2.70 bits per heavy atom. The van der Waals surface area contributed by atoms with Crippen LogP contribution in [0.2, 0.25) is 0 Å². The van der Waals surface area contributed by atoms with Gasteiger partial charge in [-0.3, -0.25) is 0 Å². The molecule has 0 saturated heterocycles. The number of benzene rings is 1. The number of oxime groups is 1. The molecule has 106 valence electrons. The first-order chi connectivity index (χ1) is 9.45. The minimum Gasteiger partial charge on any atom is -0.438 e. The summed E-state index contributed by atoms with van der Waals surface area (Å²) in [4.78, 5) is 0. The van der Waals surface area contributed by atoms with Crippen LogP contribution in [0.15, 0.2) is 23.4 Å². The first kappa shape index (κ1) is 13.9. The fraction of sp³-hybridized carbons (Fsp3) is 0.286. The van der Waals surface area contributed by atoms with Gasteiger partial charge in [-0.05, 0) is 38.0 Å². The van der Waals surface area contributed by atoms with E-state index in [9.17, 15) is 0 Å². The van der Waals surface area contributed by atoms with Crippen molar-refractivity contribution in [2.24, 2.45) is 17.9 Å². The molecule has 0 aliphatic rings. The van der Waals surface area contributed by atoms with Crippen LogP contribution in [-0.4, -0.2) is 20.8 Å². The van der Waals surface area contributed by atoms with Gasteiger partial charge in [-0.25, -0.2) is 4.68 Å². The van der Waals surface area contributed by atoms with E-state index >= 15 is 0 Å². The van der Waals surface area contributed by atoms with Crippen molar-refractivity contribution >= 4 is 5.84 Å². The summed E-state index contributed by atoms with van der Waals surface area (Å²) in [6.07, 6.45) is 0. The summed E-state index contributed by atoms with van der Waals surface area (Å²) in [5.41, 5.74) is 9.01. The lowest BCUT2D eigenvalue weighted by molar-refractivity contribution is 0.318. The maximum atomic E-state index is 8.88. The van der Waals surface area contributed by atoms with E-state index in [2.05, 4.69) is 10.3 Å². The molecule has 3 N–H and O–H groups in total. The third kappa shape index (κ3) is 2.32. The summed E-state index contributed by atoms with van der Waals surface area (Å²) < 4.78 is 7.50. The first-order valence-corrected chi connectivity index (χ1v) is 6.21. The monoisotopic (exact) mass is 274 g/mol. The second kappa shape index (κ2) is 5.24. The van der Waals surface area contributed by atoms with Crippen molar-refractivity contribution in [3.63, 3.8) is 0 Å². The average Bonchev–Trinajstić information content (AvgIpc) is 2.69. The molecule has 0 fully saturated rings. The third-order valence-electron chi connectivity index (χ3n) is 3.30. The van der Waals surface area contributed by atoms with Crippen molar-refractivity contribution in [1.29, 1.82) is 0 Å². The van der Waals surface area contributed by atoms with Gasteiger partial charge in [-0.1, -0.05) is 17.3 Å². The molecule has 0 radical (unpaired) electrons. The van der Waals surface area contributed by atoms with E-state index in [1.165, 1.54) is 0 Å². The molecule has 1 aromatic heterocycles. The van der Waals surface area contributed by atoms with Gasteiger partial charge in [0.2, 0.25) is 5.88 Å². The molecule has 0 saturated carbocycles. The lowest BCUT2D eigenvalue weighted by Crippen LogP contribution is -2.15. The molecule has 0 spiro atoms. The molecule has 2 rings (SSSR count). The van der Waals surface area contributed by atoms with Crippen molar-refractivity contribution in [2.45, 2.75) is 20.8 Å². The van der Waals surface area contributed by atoms with Crippen LogP contribution < -0.4 is 10.5 Å². The van der Waals surface area contributed by atoms with Gasteiger partial charge in [0, 0.05) is 7.05 Å². The van der Waals surface area contributed by atoms with Crippen molar-refractivity contribution in [3.8, 4) is 11.6 Å². The Labute approximate surface area is 117 Å². The highest BCUT2D eigenvalue weighted by Crippen LogP contribution is 2.30. The van der Waals surface area contributed by atoms with Crippen LogP contribution in [0.4, 0.5) is 0 Å². The molecular formula is C14H18N4O2. The molecule has 6 heteroatoms. The van der Waals surface area contributed by atoms with Crippen LogP contribution in [0.25, 0.3) is 0 Å². The van der Waals surface area contributed by atoms with Crippen molar-refractivity contribution in [2.75, 3.05) is 0 Å². The topological polar surface area (TPSA) is 85.7 Å². The zero-order valence-electron chi connectivity index (χ0n) is 12.0. The highest BCUT2D eigenvalue weighted by molar-refractivity contribution is 6.00. The van der Waals surface area contributed by atoms with Gasteiger partial charge in [0.15, 0.2) is 5.84 Å². The van der Waals surface area contributed by atoms with Crippen LogP contribution in [-0.2, 0) is 7.05 Å². The summed E-state index contributed by atoms with van der Waals surface area (Å²) in [6, 6.07) is 5.81. The lowest BCUT2D eigenvalue weighted by atomic mass is 10.1. The minimum absolute atomic E-state index is 0.0177. The molecule has 1 heterocycles. The SMILES string of the molecule is Cc1cccc(Oc2c(C(N)=NO)c(C)nn2C)c1C. The summed E-state index contributed by atoms with van der Waals surface area (Å²) in [5.74, 6) is 1.15. The molecule has 2 aromatic rings. The van der Waals surface area contributed by atoms with E-state index in [1.807, 2.05) is 32.0 Å². The number of ether oxygens (including phenoxy) is 1. The highest BCUT2D eigenvalue weighted by atomic mass is 16.5. The predicted molar refractivity (Wildman–Crippen MR) is 76.4 cm³/mol. The largest absolute Gasteiger partial charge is 0.438 e. The minimum atomic E-state index is -0.0177. The average molecular weight is 274 g/mol. The van der Waals surface area contributed by atoms with Gasteiger partial charge in [-0.15, -0.1) is 0 Å². The fourth-order valence-corrected chi connectivity index (χ4v) is 2.04. The van der Waals surface area contributed by atoms with E-state index in [0.29, 0.717) is 17.1 Å². The number of aromatic nitrogens is 2. The van der Waals surface area contributed by atoms with Gasteiger partial charge in [0.25, 0.3) is 0 Å². The quantitative estimate of drug-likeness (QED) is 0.389. The molecule has 1 aromatic carbocycles. The maximum absolute atomic E-state index is 8.88. The number of nitrogens with two attached hydrogens (primary N) is 1. The van der Waals surface area contributed by atoms with Gasteiger partial charge in [-0.2, -0.15) is 5.10 Å². The van der Waals surface area contributed by atoms with E-state index in [0.717, 1.165) is 16.9 Å². The summed E-state index contributed by atoms with van der Waals surface area (Å²) in [5, 5.41) is 16.2. The van der Waals surface area contributed by atoms with Crippen molar-refractivity contribution < 1.29 is 9.94 Å². The number of hydrogen-bond acceptors (Lipinski definition) is 4. The first-order valence-electron chi connectivity index (χ1n) is 6.21. The molecule has 0 atom stereocenters. The molecule has 20 heavy (non-hydrogen) atoms. The molecule has 6 nitrogen and oxygen atoms in total. The van der Waals surface area contributed by atoms with Crippen LogP contribution in [0.1, 0.15) is 22.4 Å². The van der Waals surface area contributed by atoms with Crippen molar-refractivity contribution in [1.82, 2.24) is 9.78 Å². The number of rotatable bonds is 3. The number of amidine groups is 1. The van der Waals surface area contributed by atoms with E-state index in [4.69, 9.17) is 15.7 Å². The Morgan fingerprint density at radius 2 is 2.05 bits per heavy atom. The van der Waals surface area contributed by atoms with Gasteiger partial charge in [0.1, 0.15) is 11.3 Å². The van der Waals surface area contributed by atoms with Gasteiger partial charge < -0.3 is 15.7 Å². The third-order valence-corrected chi connectivity index (χ3v) is 3.30. The molecular weight excluding hydrogens is 256 g/mol. The van der Waals surface area contributed by atoms with Crippen LogP contribution in [0.5, 0.6) is 11.6 Å². The molecule has 0 aliphatic carbocycles. The van der Waals surface area contributed by atoms with E-state index in [-0.39, 0.29) is 5.84 Å². The second-order valence-corrected chi connectivity index (χ2v) is 4.67. The maximum Gasteiger partial charge on any atom is 0.229 e. The van der Waals surface area contributed by atoms with Crippen LogP contribution in [0, 0.1) is 20.8 Å². The number of nitrogens with zero attached hydrogens (tertiary/aromatic N) is 3. The lowest BCUT2D eigenvalue weighted by Gasteiger charge is -2.11. The Bertz CT molecular complexity index is 674. The molecule has 0 bridgehead atoms. The predicted octanol–water partition coefficient (Wildman–Crippen LogP) is 2.23. The fourth-order valence-electron chi connectivity index (χ4n) is 2.04. The number of hydrogen-bond donors (Lipinski definition) is 2. The zero-order chi connectivity index (χ0) is 14.9. The number of aryl methyl sites for hydroxylation is 3. The Hall–Kier alpha value is -2.50. The molecule has 0 unspecified atom stereocenters. The molecule has 0 amide bonds. The highest BCUT2D eigenvalue weighted by Gasteiger charge is 2.20. The second-order valence-electron chi connectivity index (χ2n) is 4.67. The van der Waals surface area contributed by atoms with E-state index < -0.39 is 0 Å². The summed E-state index contributed by atoms with van der Waals surface area (Å²) in [6.45, 7) is 5.78. The molecule has 0 aliphatic heterocycles. The van der Waals surface area contributed by atoms with E-state index in [1.54, 1.807) is 18.7 Å². The Morgan fingerprint density at radius 1 is 1.35 bits per heavy atom. The van der Waals surface area contributed by atoms with Crippen LogP contribution in [0.3, 0.4) is 0 Å². The Balaban J connectivity index is 2.51. The van der Waals surface area contributed by atoms with Crippen LogP contribution >= 0.6 is 0 Å². The van der Waals surface area contributed by atoms with Gasteiger partial charge >= 0.3 is 0 Å². The zero-order valence-corrected chi connectivity index (χ0v) is 12.0. The standard InChI is InChI=1S/C14H18N4O2/c1-8-6-5-7-11(9(8)2)20-14-12(13(15)17-19)10(3)16-18(14)4/h5-7,19H,1-4H3,(H2,15,17). The summed E-state index contributed by atoms with van der Waals surface area (Å²) >= 11 is 0. The smallest absolute Gasteiger partial charge is 0.229 e. The van der Waals surface area contributed by atoms with Crippen molar-refractivity contribution in [3.05, 3.63) is 40.6 Å². The normalized spacial score (nSPS) is 11.7. The summed E-state index contributed by atoms with van der Waals surface area (Å²) in [7, 11) is 1.75. The van der Waals surface area contributed by atoms with Gasteiger partial charge in [0.05, 0.1) is 5.69 Å². The Kier molecular flexibility index (Phi) is 3.65.